The van der Waals surface area contributed by atoms with Crippen molar-refractivity contribution in [2.24, 2.45) is 0 Å². The maximum Gasteiger partial charge on any atom is 0.270 e. The van der Waals surface area contributed by atoms with Crippen LogP contribution in [0.25, 0.3) is 16.9 Å². The van der Waals surface area contributed by atoms with Gasteiger partial charge in [0.05, 0.1) is 11.4 Å². The minimum absolute atomic E-state index is 0.0773. The number of aromatic nitrogens is 2. The summed E-state index contributed by atoms with van der Waals surface area (Å²) >= 11 is 6.02. The highest BCUT2D eigenvalue weighted by Crippen LogP contribution is 2.24. The highest BCUT2D eigenvalue weighted by molar-refractivity contribution is 6.30. The molecular formula is C22H22ClN3O. The summed E-state index contributed by atoms with van der Waals surface area (Å²) < 4.78 is 1.71. The third-order valence-electron chi connectivity index (χ3n) is 5.02. The minimum Gasteiger partial charge on any atom is -0.348 e. The van der Waals surface area contributed by atoms with Crippen LogP contribution in [-0.2, 0) is 0 Å². The minimum atomic E-state index is -0.0773. The molecule has 1 amide bonds. The fourth-order valence-electron chi connectivity index (χ4n) is 3.58. The Labute approximate surface area is 164 Å². The van der Waals surface area contributed by atoms with Crippen molar-refractivity contribution in [3.63, 3.8) is 0 Å². The third kappa shape index (κ3) is 4.06. The summed E-state index contributed by atoms with van der Waals surface area (Å²) in [6, 6.07) is 19.4. The van der Waals surface area contributed by atoms with E-state index in [0.29, 0.717) is 10.7 Å². The number of carbonyl (C=O) groups excluding carboxylic acids is 1. The number of hydrogen-bond donors (Lipinski definition) is 1. The molecule has 1 aliphatic carbocycles. The van der Waals surface area contributed by atoms with E-state index in [0.717, 1.165) is 29.8 Å². The molecule has 4 nitrogen and oxygen atoms in total. The number of benzene rings is 2. The molecule has 1 saturated carbocycles. The van der Waals surface area contributed by atoms with Crippen molar-refractivity contribution in [2.75, 3.05) is 0 Å². The van der Waals surface area contributed by atoms with Crippen molar-refractivity contribution < 1.29 is 4.79 Å². The lowest BCUT2D eigenvalue weighted by Gasteiger charge is -2.22. The van der Waals surface area contributed by atoms with E-state index in [1.807, 2.05) is 60.7 Å². The van der Waals surface area contributed by atoms with Gasteiger partial charge in [0.15, 0.2) is 0 Å². The third-order valence-corrected chi connectivity index (χ3v) is 5.28. The van der Waals surface area contributed by atoms with Gasteiger partial charge in [0.2, 0.25) is 0 Å². The van der Waals surface area contributed by atoms with Gasteiger partial charge < -0.3 is 5.32 Å². The maximum atomic E-state index is 13.0. The van der Waals surface area contributed by atoms with Gasteiger partial charge >= 0.3 is 0 Å². The molecule has 0 unspecified atom stereocenters. The Kier molecular flexibility index (Phi) is 5.26. The van der Waals surface area contributed by atoms with Crippen molar-refractivity contribution in [3.05, 3.63) is 71.4 Å². The van der Waals surface area contributed by atoms with Crippen LogP contribution in [0.1, 0.15) is 42.6 Å². The predicted molar refractivity (Wildman–Crippen MR) is 108 cm³/mol. The first-order chi connectivity index (χ1) is 13.2. The Morgan fingerprint density at radius 1 is 1.00 bits per heavy atom. The van der Waals surface area contributed by atoms with Crippen LogP contribution >= 0.6 is 11.6 Å². The molecule has 0 radical (unpaired) electrons. The molecule has 3 aromatic rings. The van der Waals surface area contributed by atoms with E-state index >= 15 is 0 Å². The highest BCUT2D eigenvalue weighted by atomic mass is 35.5. The normalized spacial score (nSPS) is 14.9. The summed E-state index contributed by atoms with van der Waals surface area (Å²) in [7, 11) is 0. The second-order valence-electron chi connectivity index (χ2n) is 6.98. The van der Waals surface area contributed by atoms with E-state index in [1.165, 1.54) is 19.3 Å². The van der Waals surface area contributed by atoms with Crippen molar-refractivity contribution in [3.8, 4) is 16.9 Å². The summed E-state index contributed by atoms with van der Waals surface area (Å²) in [5, 5.41) is 8.56. The lowest BCUT2D eigenvalue weighted by molar-refractivity contribution is 0.0920. The van der Waals surface area contributed by atoms with Gasteiger partial charge in [-0.15, -0.1) is 0 Å². The topological polar surface area (TPSA) is 46.9 Å². The quantitative estimate of drug-likeness (QED) is 0.672. The van der Waals surface area contributed by atoms with Gasteiger partial charge in [-0.05, 0) is 43.2 Å². The molecule has 138 valence electrons. The van der Waals surface area contributed by atoms with Gasteiger partial charge in [0, 0.05) is 16.6 Å². The molecule has 5 heteroatoms. The maximum absolute atomic E-state index is 13.0. The van der Waals surface area contributed by atoms with Crippen LogP contribution in [0.2, 0.25) is 5.02 Å². The Balaban J connectivity index is 1.70. The number of amides is 1. The van der Waals surface area contributed by atoms with Crippen LogP contribution < -0.4 is 5.32 Å². The monoisotopic (exact) mass is 379 g/mol. The largest absolute Gasteiger partial charge is 0.348 e. The zero-order valence-electron chi connectivity index (χ0n) is 15.1. The van der Waals surface area contributed by atoms with Crippen LogP contribution in [0.15, 0.2) is 60.7 Å². The average Bonchev–Trinajstić information content (AvgIpc) is 3.16. The molecule has 2 aromatic carbocycles. The molecule has 0 saturated heterocycles. The fourth-order valence-corrected chi connectivity index (χ4v) is 3.70. The summed E-state index contributed by atoms with van der Waals surface area (Å²) in [4.78, 5) is 13.0. The van der Waals surface area contributed by atoms with E-state index < -0.39 is 0 Å². The van der Waals surface area contributed by atoms with Gasteiger partial charge in [-0.25, -0.2) is 4.68 Å². The standard InChI is InChI=1S/C22H22ClN3O/c23-17-11-13-19(14-12-17)26-21(22(27)24-18-9-5-2-6-10-18)15-20(25-26)16-7-3-1-4-8-16/h1,3-4,7-8,11-15,18H,2,5-6,9-10H2,(H,24,27). The van der Waals surface area contributed by atoms with Crippen LogP contribution in [-0.4, -0.2) is 21.7 Å². The molecule has 0 spiro atoms. The first-order valence-corrected chi connectivity index (χ1v) is 9.81. The van der Waals surface area contributed by atoms with E-state index in [4.69, 9.17) is 16.7 Å². The highest BCUT2D eigenvalue weighted by Gasteiger charge is 2.21. The Hall–Kier alpha value is -2.59. The van der Waals surface area contributed by atoms with Crippen LogP contribution in [0.5, 0.6) is 0 Å². The first-order valence-electron chi connectivity index (χ1n) is 9.43. The van der Waals surface area contributed by atoms with E-state index in [9.17, 15) is 4.79 Å². The Morgan fingerprint density at radius 2 is 1.70 bits per heavy atom. The summed E-state index contributed by atoms with van der Waals surface area (Å²) in [5.74, 6) is -0.0773. The van der Waals surface area contributed by atoms with Gasteiger partial charge in [0.1, 0.15) is 5.69 Å². The van der Waals surface area contributed by atoms with Crippen molar-refractivity contribution in [1.29, 1.82) is 0 Å². The Morgan fingerprint density at radius 3 is 2.41 bits per heavy atom. The number of nitrogens with zero attached hydrogens (tertiary/aromatic N) is 2. The molecular weight excluding hydrogens is 358 g/mol. The molecule has 1 aromatic heterocycles. The van der Waals surface area contributed by atoms with Gasteiger partial charge in [0.25, 0.3) is 5.91 Å². The van der Waals surface area contributed by atoms with E-state index in [1.54, 1.807) is 4.68 Å². The number of halogens is 1. The van der Waals surface area contributed by atoms with Gasteiger partial charge in [-0.3, -0.25) is 4.79 Å². The molecule has 1 heterocycles. The second-order valence-corrected chi connectivity index (χ2v) is 7.41. The van der Waals surface area contributed by atoms with E-state index in [2.05, 4.69) is 5.32 Å². The van der Waals surface area contributed by atoms with Crippen molar-refractivity contribution in [2.45, 2.75) is 38.1 Å². The lowest BCUT2D eigenvalue weighted by Crippen LogP contribution is -2.37. The fraction of sp³-hybridized carbons (Fsp3) is 0.273. The van der Waals surface area contributed by atoms with Crippen molar-refractivity contribution in [1.82, 2.24) is 15.1 Å². The average molecular weight is 380 g/mol. The van der Waals surface area contributed by atoms with E-state index in [-0.39, 0.29) is 11.9 Å². The van der Waals surface area contributed by atoms with Crippen LogP contribution in [0, 0.1) is 0 Å². The number of rotatable bonds is 4. The zero-order chi connectivity index (χ0) is 18.6. The Bertz CT molecular complexity index is 912. The first kappa shape index (κ1) is 17.8. The van der Waals surface area contributed by atoms with Crippen molar-refractivity contribution >= 4 is 17.5 Å². The molecule has 0 aliphatic heterocycles. The van der Waals surface area contributed by atoms with Crippen LogP contribution in [0.3, 0.4) is 0 Å². The molecule has 0 bridgehead atoms. The summed E-state index contributed by atoms with van der Waals surface area (Å²) in [6.45, 7) is 0. The summed E-state index contributed by atoms with van der Waals surface area (Å²) in [6.07, 6.45) is 5.71. The van der Waals surface area contributed by atoms with Gasteiger partial charge in [-0.2, -0.15) is 5.10 Å². The van der Waals surface area contributed by atoms with Crippen LogP contribution in [0.4, 0.5) is 0 Å². The number of nitrogens with one attached hydrogen (secondary N) is 1. The summed E-state index contributed by atoms with van der Waals surface area (Å²) in [5.41, 5.74) is 3.12. The smallest absolute Gasteiger partial charge is 0.270 e. The predicted octanol–water partition coefficient (Wildman–Crippen LogP) is 5.26. The lowest BCUT2D eigenvalue weighted by atomic mass is 9.95. The number of carbonyl (C=O) groups is 1. The molecule has 1 aliphatic rings. The molecule has 27 heavy (non-hydrogen) atoms. The molecule has 1 N–H and O–H groups in total. The molecule has 4 rings (SSSR count). The molecule has 1 fully saturated rings. The number of hydrogen-bond acceptors (Lipinski definition) is 2. The molecule has 0 atom stereocenters. The second kappa shape index (κ2) is 7.97. The SMILES string of the molecule is O=C(NC1CCCCC1)c1cc(-c2ccccc2)nn1-c1ccc(Cl)cc1. The van der Waals surface area contributed by atoms with Gasteiger partial charge in [-0.1, -0.05) is 61.2 Å². The zero-order valence-corrected chi connectivity index (χ0v) is 15.8.